The second-order valence-corrected chi connectivity index (χ2v) is 8.23. The van der Waals surface area contributed by atoms with Crippen LogP contribution in [0.15, 0.2) is 29.2 Å². The molecule has 114 valence electrons. The van der Waals surface area contributed by atoms with Gasteiger partial charge in [-0.3, -0.25) is 0 Å². The zero-order valence-corrected chi connectivity index (χ0v) is 14.4. The summed E-state index contributed by atoms with van der Waals surface area (Å²) < 4.78 is 24.9. The monoisotopic (exact) mass is 366 g/mol. The van der Waals surface area contributed by atoms with E-state index in [1.807, 2.05) is 13.8 Å². The van der Waals surface area contributed by atoms with Crippen LogP contribution in [0.25, 0.3) is 5.69 Å². The number of hydrogen-bond acceptors (Lipinski definition) is 3. The number of rotatable bonds is 4. The smallest absolute Gasteiger partial charge is 0.219 e. The summed E-state index contributed by atoms with van der Waals surface area (Å²) in [5.41, 5.74) is 0.839. The maximum absolute atomic E-state index is 11.8. The van der Waals surface area contributed by atoms with Crippen LogP contribution in [0.2, 0.25) is 10.2 Å². The third kappa shape index (κ3) is 3.54. The highest BCUT2D eigenvalue weighted by molar-refractivity contribution is 8.13. The molecule has 0 unspecified atom stereocenters. The van der Waals surface area contributed by atoms with Gasteiger partial charge >= 0.3 is 0 Å². The van der Waals surface area contributed by atoms with E-state index in [9.17, 15) is 8.42 Å². The molecule has 0 amide bonds. The molecule has 0 N–H and O–H groups in total. The van der Waals surface area contributed by atoms with Crippen molar-refractivity contribution in [1.29, 1.82) is 0 Å². The molecule has 8 heteroatoms. The van der Waals surface area contributed by atoms with Gasteiger partial charge in [0.25, 0.3) is 9.05 Å². The van der Waals surface area contributed by atoms with Gasteiger partial charge in [0.1, 0.15) is 4.90 Å². The maximum atomic E-state index is 11.8. The number of halogens is 3. The van der Waals surface area contributed by atoms with Gasteiger partial charge in [-0.25, -0.2) is 13.1 Å². The van der Waals surface area contributed by atoms with Crippen molar-refractivity contribution in [3.63, 3.8) is 0 Å². The summed E-state index contributed by atoms with van der Waals surface area (Å²) >= 11 is 12.3. The molecule has 0 atom stereocenters. The van der Waals surface area contributed by atoms with Crippen LogP contribution in [0.1, 0.15) is 19.5 Å². The van der Waals surface area contributed by atoms with Crippen LogP contribution < -0.4 is 0 Å². The zero-order chi connectivity index (χ0) is 15.8. The number of aromatic nitrogens is 2. The summed E-state index contributed by atoms with van der Waals surface area (Å²) in [4.78, 5) is -0.153. The molecule has 0 bridgehead atoms. The fourth-order valence-corrected chi connectivity index (χ4v) is 4.03. The fourth-order valence-electron chi connectivity index (χ4n) is 1.97. The Morgan fingerprint density at radius 2 is 1.86 bits per heavy atom. The van der Waals surface area contributed by atoms with Crippen LogP contribution >= 0.6 is 33.9 Å². The Balaban J connectivity index is 2.71. The van der Waals surface area contributed by atoms with Crippen LogP contribution in [0.4, 0.5) is 0 Å². The summed E-state index contributed by atoms with van der Waals surface area (Å²) in [5.74, 6) is 0.202. The Morgan fingerprint density at radius 1 is 1.24 bits per heavy atom. The van der Waals surface area contributed by atoms with E-state index in [0.717, 1.165) is 0 Å². The van der Waals surface area contributed by atoms with Gasteiger partial charge in [-0.05, 0) is 24.5 Å². The van der Waals surface area contributed by atoms with E-state index in [2.05, 4.69) is 5.10 Å². The van der Waals surface area contributed by atoms with E-state index in [0.29, 0.717) is 22.8 Å². The number of para-hydroxylation sites is 1. The minimum Gasteiger partial charge on any atom is -0.219 e. The largest absolute Gasteiger partial charge is 0.266 e. The van der Waals surface area contributed by atoms with Crippen molar-refractivity contribution in [3.8, 4) is 5.69 Å². The minimum atomic E-state index is -4.00. The van der Waals surface area contributed by atoms with Gasteiger partial charge < -0.3 is 0 Å². The van der Waals surface area contributed by atoms with Crippen molar-refractivity contribution >= 4 is 42.9 Å². The highest BCUT2D eigenvalue weighted by atomic mass is 35.7. The molecule has 0 fully saturated rings. The highest BCUT2D eigenvalue weighted by Crippen LogP contribution is 2.33. The number of hydrogen-bond donors (Lipinski definition) is 0. The molecule has 21 heavy (non-hydrogen) atoms. The first kappa shape index (κ1) is 16.6. The molecule has 0 aliphatic heterocycles. The maximum Gasteiger partial charge on any atom is 0.266 e. The lowest BCUT2D eigenvalue weighted by Crippen LogP contribution is -2.01. The Hall–Kier alpha value is -0.750. The first-order valence-electron chi connectivity index (χ1n) is 6.18. The van der Waals surface area contributed by atoms with Crippen LogP contribution in [-0.4, -0.2) is 18.2 Å². The van der Waals surface area contributed by atoms with E-state index in [1.54, 1.807) is 24.3 Å². The molecule has 0 aliphatic rings. The average molecular weight is 368 g/mol. The molecule has 1 heterocycles. The average Bonchev–Trinajstić information content (AvgIpc) is 2.65. The lowest BCUT2D eigenvalue weighted by Gasteiger charge is -2.05. The number of nitrogens with zero attached hydrogens (tertiary/aromatic N) is 2. The molecular weight excluding hydrogens is 355 g/mol. The molecule has 0 radical (unpaired) electrons. The Bertz CT molecular complexity index is 770. The second kappa shape index (κ2) is 6.16. The van der Waals surface area contributed by atoms with E-state index >= 15 is 0 Å². The molecule has 0 spiro atoms. The molecular formula is C13H13Cl3N2O2S. The SMILES string of the molecule is CC(C)Cc1nn(-c2ccccc2Cl)c(Cl)c1S(=O)(=O)Cl. The third-order valence-corrected chi connectivity index (χ3v) is 4.94. The van der Waals surface area contributed by atoms with Gasteiger partial charge in [0, 0.05) is 10.7 Å². The second-order valence-electron chi connectivity index (χ2n) is 4.97. The van der Waals surface area contributed by atoms with Crippen molar-refractivity contribution in [1.82, 2.24) is 9.78 Å². The summed E-state index contributed by atoms with van der Waals surface area (Å²) in [6, 6.07) is 6.89. The van der Waals surface area contributed by atoms with Crippen LogP contribution in [0.5, 0.6) is 0 Å². The van der Waals surface area contributed by atoms with Crippen molar-refractivity contribution in [2.75, 3.05) is 0 Å². The minimum absolute atomic E-state index is 0.0613. The summed E-state index contributed by atoms with van der Waals surface area (Å²) in [7, 11) is 1.50. The molecule has 0 saturated heterocycles. The Labute approximate surface area is 138 Å². The van der Waals surface area contributed by atoms with Gasteiger partial charge in [-0.15, -0.1) is 0 Å². The van der Waals surface area contributed by atoms with Gasteiger partial charge in [-0.1, -0.05) is 49.2 Å². The lowest BCUT2D eigenvalue weighted by molar-refractivity contribution is 0.600. The van der Waals surface area contributed by atoms with Crippen molar-refractivity contribution < 1.29 is 8.42 Å². The van der Waals surface area contributed by atoms with Crippen molar-refractivity contribution in [3.05, 3.63) is 40.1 Å². The van der Waals surface area contributed by atoms with E-state index in [-0.39, 0.29) is 16.0 Å². The molecule has 2 rings (SSSR count). The van der Waals surface area contributed by atoms with Gasteiger partial charge in [0.15, 0.2) is 5.15 Å². The molecule has 1 aromatic carbocycles. The van der Waals surface area contributed by atoms with Crippen molar-refractivity contribution in [2.24, 2.45) is 5.92 Å². The van der Waals surface area contributed by atoms with E-state index in [1.165, 1.54) is 4.68 Å². The molecule has 0 saturated carbocycles. The third-order valence-electron chi connectivity index (χ3n) is 2.78. The van der Waals surface area contributed by atoms with Gasteiger partial charge in [0.05, 0.1) is 16.4 Å². The van der Waals surface area contributed by atoms with Crippen LogP contribution in [0.3, 0.4) is 0 Å². The highest BCUT2D eigenvalue weighted by Gasteiger charge is 2.27. The van der Waals surface area contributed by atoms with E-state index in [4.69, 9.17) is 33.9 Å². The standard InChI is InChI=1S/C13H13Cl3N2O2S/c1-8(2)7-10-12(21(16,19)20)13(15)18(17-10)11-6-4-3-5-9(11)14/h3-6,8H,7H2,1-2H3. The van der Waals surface area contributed by atoms with Crippen LogP contribution in [-0.2, 0) is 15.5 Å². The lowest BCUT2D eigenvalue weighted by atomic mass is 10.1. The summed E-state index contributed by atoms with van der Waals surface area (Å²) in [6.07, 6.45) is 0.443. The molecule has 4 nitrogen and oxygen atoms in total. The van der Waals surface area contributed by atoms with Gasteiger partial charge in [-0.2, -0.15) is 5.10 Å². The normalized spacial score (nSPS) is 12.1. The molecule has 2 aromatic rings. The Kier molecular flexibility index (Phi) is 4.88. The summed E-state index contributed by atoms with van der Waals surface area (Å²) in [5, 5.41) is 4.64. The van der Waals surface area contributed by atoms with Gasteiger partial charge in [0.2, 0.25) is 0 Å². The molecule has 0 aliphatic carbocycles. The van der Waals surface area contributed by atoms with Crippen molar-refractivity contribution in [2.45, 2.75) is 25.2 Å². The Morgan fingerprint density at radius 3 is 2.38 bits per heavy atom. The zero-order valence-electron chi connectivity index (χ0n) is 11.3. The predicted molar refractivity (Wildman–Crippen MR) is 85.2 cm³/mol. The fraction of sp³-hybridized carbons (Fsp3) is 0.308. The first-order chi connectivity index (χ1) is 9.71. The van der Waals surface area contributed by atoms with Crippen LogP contribution in [0, 0.1) is 5.92 Å². The molecule has 1 aromatic heterocycles. The summed E-state index contributed by atoms with van der Waals surface area (Å²) in [6.45, 7) is 3.90. The quantitative estimate of drug-likeness (QED) is 0.757. The topological polar surface area (TPSA) is 52.0 Å². The number of benzene rings is 1. The predicted octanol–water partition coefficient (Wildman–Crippen LogP) is 4.31. The van der Waals surface area contributed by atoms with E-state index < -0.39 is 9.05 Å². The first-order valence-corrected chi connectivity index (χ1v) is 9.25.